The Hall–Kier alpha value is -4.12. The Morgan fingerprint density at radius 2 is 1.80 bits per heavy atom. The van der Waals surface area contributed by atoms with Crippen LogP contribution in [-0.2, 0) is 45.0 Å². The maximum absolute atomic E-state index is 14.0. The van der Waals surface area contributed by atoms with Gasteiger partial charge in [0.05, 0.1) is 12.1 Å². The molecule has 1 aromatic heterocycles. The molecule has 0 bridgehead atoms. The molecule has 5 rings (SSSR count). The molecular formula is C30H30F2N4O4S. The second kappa shape index (κ2) is 11.4. The lowest BCUT2D eigenvalue weighted by molar-refractivity contribution is -0.137. The van der Waals surface area contributed by atoms with Crippen LogP contribution in [0.3, 0.4) is 0 Å². The topological polar surface area (TPSA) is 108 Å². The smallest absolute Gasteiger partial charge is 0.251 e. The summed E-state index contributed by atoms with van der Waals surface area (Å²) < 4.78 is 26.9. The third kappa shape index (κ3) is 6.00. The average Bonchev–Trinajstić information content (AvgIpc) is 3.48. The molecule has 11 heteroatoms. The molecule has 2 aliphatic rings. The maximum atomic E-state index is 14.0. The number of anilines is 1. The predicted molar refractivity (Wildman–Crippen MR) is 150 cm³/mol. The molecule has 3 atom stereocenters. The van der Waals surface area contributed by atoms with Crippen molar-refractivity contribution in [3.05, 3.63) is 87.1 Å². The molecule has 2 aromatic carbocycles. The predicted octanol–water partition coefficient (Wildman–Crippen LogP) is 3.37. The van der Waals surface area contributed by atoms with E-state index in [0.29, 0.717) is 19.3 Å². The van der Waals surface area contributed by atoms with E-state index in [4.69, 9.17) is 0 Å². The van der Waals surface area contributed by atoms with E-state index in [1.807, 2.05) is 35.7 Å². The van der Waals surface area contributed by atoms with Crippen LogP contribution in [0.1, 0.15) is 41.8 Å². The lowest BCUT2D eigenvalue weighted by Crippen LogP contribution is -2.63. The summed E-state index contributed by atoms with van der Waals surface area (Å²) in [6, 6.07) is 11.5. The minimum atomic E-state index is -1.17. The molecule has 8 nitrogen and oxygen atoms in total. The lowest BCUT2D eigenvalue weighted by atomic mass is 9.99. The first-order valence-electron chi connectivity index (χ1n) is 13.4. The highest BCUT2D eigenvalue weighted by Crippen LogP contribution is 2.43. The molecule has 3 heterocycles. The Kier molecular flexibility index (Phi) is 7.90. The number of benzene rings is 2. The van der Waals surface area contributed by atoms with Gasteiger partial charge in [0.1, 0.15) is 29.3 Å². The van der Waals surface area contributed by atoms with Gasteiger partial charge in [0.2, 0.25) is 17.7 Å². The van der Waals surface area contributed by atoms with Gasteiger partial charge in [-0.2, -0.15) is 0 Å². The van der Waals surface area contributed by atoms with E-state index in [0.717, 1.165) is 39.9 Å². The molecule has 0 aliphatic carbocycles. The summed E-state index contributed by atoms with van der Waals surface area (Å²) in [5.74, 6) is -4.60. The van der Waals surface area contributed by atoms with Crippen LogP contribution in [0, 0.1) is 17.6 Å². The maximum Gasteiger partial charge on any atom is 0.251 e. The summed E-state index contributed by atoms with van der Waals surface area (Å²) in [4.78, 5) is 55.3. The first-order valence-corrected chi connectivity index (χ1v) is 14.2. The number of carbonyl (C=O) groups excluding carboxylic acids is 4. The van der Waals surface area contributed by atoms with Gasteiger partial charge in [0.25, 0.3) is 5.91 Å². The van der Waals surface area contributed by atoms with Crippen molar-refractivity contribution in [1.82, 2.24) is 16.0 Å². The number of nitrogens with zero attached hydrogens (tertiary/aromatic N) is 1. The zero-order valence-corrected chi connectivity index (χ0v) is 23.4. The summed E-state index contributed by atoms with van der Waals surface area (Å²) in [6.07, 6.45) is 1.43. The summed E-state index contributed by atoms with van der Waals surface area (Å²) in [5, 5.41) is 10.2. The fourth-order valence-electron chi connectivity index (χ4n) is 5.53. The Bertz CT molecular complexity index is 1490. The number of aryl methyl sites for hydroxylation is 1. The van der Waals surface area contributed by atoms with Gasteiger partial charge in [-0.05, 0) is 67.0 Å². The van der Waals surface area contributed by atoms with Gasteiger partial charge in [0.15, 0.2) is 0 Å². The number of thiophene rings is 1. The van der Waals surface area contributed by atoms with E-state index in [2.05, 4.69) is 16.0 Å². The summed E-state index contributed by atoms with van der Waals surface area (Å²) >= 11 is 1.48. The summed E-state index contributed by atoms with van der Waals surface area (Å²) in [5.41, 5.74) is 1.80. The van der Waals surface area contributed by atoms with Crippen molar-refractivity contribution in [3.8, 4) is 0 Å². The van der Waals surface area contributed by atoms with Crippen LogP contribution in [0.15, 0.2) is 53.9 Å². The Balaban J connectivity index is 1.29. The number of amides is 4. The minimum Gasteiger partial charge on any atom is -0.351 e. The zero-order valence-electron chi connectivity index (χ0n) is 22.6. The Morgan fingerprint density at radius 1 is 1.07 bits per heavy atom. The molecule has 0 saturated carbocycles. The van der Waals surface area contributed by atoms with Crippen LogP contribution in [0.4, 0.5) is 14.5 Å². The van der Waals surface area contributed by atoms with Gasteiger partial charge >= 0.3 is 0 Å². The standard InChI is InChI=1S/C30H30F2N4O4S/c1-17(27(38)33-16-18-11-21(31)13-22(32)12-18)28(39)34-24-9-8-19-5-3-6-20-15-30(2,36(26(19)20)29(24)40)35-25(37)14-23-7-4-10-41-23/h3-7,10-13,17,24H,8-9,14-16H2,1-2H3,(H,33,38)(H,34,39)(H,35,37)/t17-,24?,30?/m0/s1. The van der Waals surface area contributed by atoms with Crippen molar-refractivity contribution >= 4 is 40.7 Å². The molecule has 3 aromatic rings. The van der Waals surface area contributed by atoms with Crippen LogP contribution in [0.25, 0.3) is 0 Å². The molecule has 214 valence electrons. The van der Waals surface area contributed by atoms with Gasteiger partial charge in [-0.1, -0.05) is 24.3 Å². The number of hydrogen-bond donors (Lipinski definition) is 3. The van der Waals surface area contributed by atoms with Crippen molar-refractivity contribution in [2.45, 2.75) is 57.8 Å². The van der Waals surface area contributed by atoms with Crippen molar-refractivity contribution < 1.29 is 28.0 Å². The highest BCUT2D eigenvalue weighted by Gasteiger charge is 2.49. The Labute approximate surface area is 240 Å². The highest BCUT2D eigenvalue weighted by molar-refractivity contribution is 7.10. The van der Waals surface area contributed by atoms with Crippen LogP contribution in [0.5, 0.6) is 0 Å². The number of carbonyl (C=O) groups is 4. The molecule has 0 fully saturated rings. The minimum absolute atomic E-state index is 0.164. The summed E-state index contributed by atoms with van der Waals surface area (Å²) in [6.45, 7) is 3.04. The van der Waals surface area contributed by atoms with Gasteiger partial charge in [0, 0.05) is 23.9 Å². The quantitative estimate of drug-likeness (QED) is 0.355. The number of para-hydroxylation sites is 1. The van der Waals surface area contributed by atoms with Gasteiger partial charge in [-0.3, -0.25) is 24.1 Å². The third-order valence-electron chi connectivity index (χ3n) is 7.49. The molecule has 0 spiro atoms. The first kappa shape index (κ1) is 28.4. The molecule has 41 heavy (non-hydrogen) atoms. The molecule has 2 unspecified atom stereocenters. The van der Waals surface area contributed by atoms with E-state index in [1.165, 1.54) is 18.3 Å². The largest absolute Gasteiger partial charge is 0.351 e. The monoisotopic (exact) mass is 580 g/mol. The fraction of sp³-hybridized carbons (Fsp3) is 0.333. The van der Waals surface area contributed by atoms with Crippen LogP contribution >= 0.6 is 11.3 Å². The van der Waals surface area contributed by atoms with E-state index in [1.54, 1.807) is 11.8 Å². The van der Waals surface area contributed by atoms with E-state index in [-0.39, 0.29) is 30.3 Å². The molecule has 0 radical (unpaired) electrons. The van der Waals surface area contributed by atoms with E-state index in [9.17, 15) is 28.0 Å². The van der Waals surface area contributed by atoms with Crippen LogP contribution in [0.2, 0.25) is 0 Å². The second-order valence-electron chi connectivity index (χ2n) is 10.7. The number of nitrogens with one attached hydrogen (secondary N) is 3. The zero-order chi connectivity index (χ0) is 29.3. The number of rotatable bonds is 8. The summed E-state index contributed by atoms with van der Waals surface area (Å²) in [7, 11) is 0. The molecule has 2 aliphatic heterocycles. The molecular weight excluding hydrogens is 550 g/mol. The molecule has 4 amide bonds. The van der Waals surface area contributed by atoms with Crippen LogP contribution < -0.4 is 20.9 Å². The first-order chi connectivity index (χ1) is 19.5. The van der Waals surface area contributed by atoms with Crippen molar-refractivity contribution in [2.75, 3.05) is 4.90 Å². The van der Waals surface area contributed by atoms with Gasteiger partial charge in [-0.15, -0.1) is 11.3 Å². The Morgan fingerprint density at radius 3 is 2.51 bits per heavy atom. The number of hydrogen-bond acceptors (Lipinski definition) is 5. The number of halogens is 2. The van der Waals surface area contributed by atoms with Crippen molar-refractivity contribution in [3.63, 3.8) is 0 Å². The van der Waals surface area contributed by atoms with Crippen molar-refractivity contribution in [1.29, 1.82) is 0 Å². The van der Waals surface area contributed by atoms with E-state index < -0.39 is 41.1 Å². The van der Waals surface area contributed by atoms with E-state index >= 15 is 0 Å². The lowest BCUT2D eigenvalue weighted by Gasteiger charge is -2.38. The van der Waals surface area contributed by atoms with Gasteiger partial charge < -0.3 is 16.0 Å². The second-order valence-corrected chi connectivity index (χ2v) is 11.7. The molecule has 3 N–H and O–H groups in total. The van der Waals surface area contributed by atoms with Crippen LogP contribution in [-0.4, -0.2) is 35.3 Å². The fourth-order valence-corrected chi connectivity index (χ4v) is 6.23. The normalized spacial score (nSPS) is 20.1. The third-order valence-corrected chi connectivity index (χ3v) is 8.37. The van der Waals surface area contributed by atoms with Gasteiger partial charge in [-0.25, -0.2) is 8.78 Å². The molecule has 0 saturated heterocycles. The van der Waals surface area contributed by atoms with Crippen molar-refractivity contribution in [2.24, 2.45) is 5.92 Å². The highest BCUT2D eigenvalue weighted by atomic mass is 32.1. The average molecular weight is 581 g/mol. The SMILES string of the molecule is C[C@@H](C(=O)NCc1cc(F)cc(F)c1)C(=O)NC1CCc2cccc3c2N(C1=O)C(C)(NC(=O)Cc1cccs1)C3.